The number of ether oxygens (including phenoxy) is 1. The average Bonchev–Trinajstić information content (AvgIpc) is 2.90. The molecule has 9 heteroatoms. The molecule has 0 saturated heterocycles. The van der Waals surface area contributed by atoms with Crippen LogP contribution in [0, 0.1) is 5.92 Å². The van der Waals surface area contributed by atoms with E-state index in [4.69, 9.17) is 4.74 Å². The number of H-pyrrole nitrogens is 1. The third-order valence-electron chi connectivity index (χ3n) is 6.28. The molecule has 4 rings (SSSR count). The highest BCUT2D eigenvalue weighted by Gasteiger charge is 2.25. The lowest BCUT2D eigenvalue weighted by molar-refractivity contribution is 0.0472. The Kier molecular flexibility index (Phi) is 7.54. The predicted octanol–water partition coefficient (Wildman–Crippen LogP) is 3.59. The molecule has 1 atom stereocenters. The summed E-state index contributed by atoms with van der Waals surface area (Å²) >= 11 is 0. The largest absolute Gasteiger partial charge is 0.501 e. The number of aromatic hydroxyl groups is 1. The molecule has 1 fully saturated rings. The summed E-state index contributed by atoms with van der Waals surface area (Å²) in [7, 11) is 0. The highest BCUT2D eigenvalue weighted by atomic mass is 16.5. The van der Waals surface area contributed by atoms with E-state index in [1.807, 2.05) is 37.3 Å². The van der Waals surface area contributed by atoms with Gasteiger partial charge in [-0.05, 0) is 43.4 Å². The third-order valence-corrected chi connectivity index (χ3v) is 6.28. The van der Waals surface area contributed by atoms with Crippen molar-refractivity contribution in [1.82, 2.24) is 20.3 Å². The van der Waals surface area contributed by atoms with E-state index in [1.54, 1.807) is 0 Å². The maximum absolute atomic E-state index is 12.8. The molecular weight excluding hydrogens is 448 g/mol. The number of benzene rings is 1. The van der Waals surface area contributed by atoms with E-state index in [0.717, 1.165) is 31.2 Å². The number of rotatable bonds is 7. The van der Waals surface area contributed by atoms with Crippen LogP contribution >= 0.6 is 0 Å². The summed E-state index contributed by atoms with van der Waals surface area (Å²) in [4.78, 5) is 48.2. The molecule has 0 aliphatic heterocycles. The molecule has 2 heterocycles. The fourth-order valence-corrected chi connectivity index (χ4v) is 4.23. The van der Waals surface area contributed by atoms with Crippen molar-refractivity contribution in [3.05, 3.63) is 75.8 Å². The second-order valence-corrected chi connectivity index (χ2v) is 8.77. The van der Waals surface area contributed by atoms with E-state index < -0.39 is 23.2 Å². The standard InChI is InChI=1S/C26H28N4O5/c1-16(18-10-6-3-7-11-18)28-24(32)21-22(31)25(33)30-23(29-21)20-13-12-19(14-27-20)26(34)35-15-17-8-4-2-5-9-17/h2,4-5,8-9,12-14,16,18,31H,3,6-7,10-11,15H2,1H3,(H,28,32)(H,29,30,33)/t16-/m0/s1. The Morgan fingerprint density at radius 3 is 2.57 bits per heavy atom. The van der Waals surface area contributed by atoms with Crippen molar-refractivity contribution in [2.45, 2.75) is 51.7 Å². The number of esters is 1. The number of pyridine rings is 1. The lowest BCUT2D eigenvalue weighted by Gasteiger charge is -2.28. The van der Waals surface area contributed by atoms with E-state index in [2.05, 4.69) is 20.3 Å². The molecule has 2 aromatic heterocycles. The summed E-state index contributed by atoms with van der Waals surface area (Å²) in [5.74, 6) is -1.55. The molecule has 0 spiro atoms. The fourth-order valence-electron chi connectivity index (χ4n) is 4.23. The highest BCUT2D eigenvalue weighted by molar-refractivity contribution is 5.95. The van der Waals surface area contributed by atoms with Gasteiger partial charge in [-0.15, -0.1) is 0 Å². The molecule has 1 aliphatic carbocycles. The van der Waals surface area contributed by atoms with Crippen molar-refractivity contribution in [2.24, 2.45) is 5.92 Å². The first kappa shape index (κ1) is 24.1. The SMILES string of the molecule is C[C@H](NC(=O)c1nc(-c2ccc(C(=O)OCc3ccccc3)cn2)[nH]c(=O)c1O)C1CCCCC1. The van der Waals surface area contributed by atoms with Crippen LogP contribution in [0.1, 0.15) is 65.4 Å². The maximum atomic E-state index is 12.8. The number of aromatic nitrogens is 3. The first-order chi connectivity index (χ1) is 16.9. The van der Waals surface area contributed by atoms with Crippen LogP contribution in [0.25, 0.3) is 11.5 Å². The van der Waals surface area contributed by atoms with Crippen LogP contribution in [0.5, 0.6) is 5.75 Å². The van der Waals surface area contributed by atoms with Crippen molar-refractivity contribution in [3.8, 4) is 17.3 Å². The summed E-state index contributed by atoms with van der Waals surface area (Å²) in [6, 6.07) is 12.2. The summed E-state index contributed by atoms with van der Waals surface area (Å²) in [5, 5.41) is 13.1. The van der Waals surface area contributed by atoms with Gasteiger partial charge in [0.1, 0.15) is 12.3 Å². The monoisotopic (exact) mass is 476 g/mol. The van der Waals surface area contributed by atoms with Gasteiger partial charge in [0.05, 0.1) is 5.56 Å². The summed E-state index contributed by atoms with van der Waals surface area (Å²) in [6.45, 7) is 2.06. The van der Waals surface area contributed by atoms with Crippen LogP contribution in [0.2, 0.25) is 0 Å². The van der Waals surface area contributed by atoms with Crippen molar-refractivity contribution < 1.29 is 19.4 Å². The summed E-state index contributed by atoms with van der Waals surface area (Å²) < 4.78 is 5.29. The third kappa shape index (κ3) is 5.92. The van der Waals surface area contributed by atoms with Gasteiger partial charge in [-0.3, -0.25) is 14.6 Å². The van der Waals surface area contributed by atoms with Crippen molar-refractivity contribution in [3.63, 3.8) is 0 Å². The lowest BCUT2D eigenvalue weighted by atomic mass is 9.84. The zero-order chi connectivity index (χ0) is 24.8. The first-order valence-corrected chi connectivity index (χ1v) is 11.7. The van der Waals surface area contributed by atoms with Crippen LogP contribution in [0.4, 0.5) is 0 Å². The molecule has 3 N–H and O–H groups in total. The molecular formula is C26H28N4O5. The Morgan fingerprint density at radius 1 is 1.14 bits per heavy atom. The van der Waals surface area contributed by atoms with Crippen molar-refractivity contribution >= 4 is 11.9 Å². The van der Waals surface area contributed by atoms with Gasteiger partial charge in [0.2, 0.25) is 5.75 Å². The zero-order valence-corrected chi connectivity index (χ0v) is 19.5. The highest BCUT2D eigenvalue weighted by Crippen LogP contribution is 2.26. The fraction of sp³-hybridized carbons (Fsp3) is 0.346. The number of amides is 1. The number of nitrogens with zero attached hydrogens (tertiary/aromatic N) is 2. The van der Waals surface area contributed by atoms with Crippen LogP contribution in [0.15, 0.2) is 53.5 Å². The van der Waals surface area contributed by atoms with Crippen molar-refractivity contribution in [2.75, 3.05) is 0 Å². The minimum absolute atomic E-state index is 0.00692. The van der Waals surface area contributed by atoms with Gasteiger partial charge < -0.3 is 20.1 Å². The van der Waals surface area contributed by atoms with Gasteiger partial charge in [-0.1, -0.05) is 49.6 Å². The average molecular weight is 477 g/mol. The molecule has 1 amide bonds. The zero-order valence-electron chi connectivity index (χ0n) is 19.5. The molecule has 0 radical (unpaired) electrons. The maximum Gasteiger partial charge on any atom is 0.340 e. The van der Waals surface area contributed by atoms with E-state index >= 15 is 0 Å². The number of carbonyl (C=O) groups is 2. The lowest BCUT2D eigenvalue weighted by Crippen LogP contribution is -2.39. The number of aromatic amines is 1. The second-order valence-electron chi connectivity index (χ2n) is 8.77. The van der Waals surface area contributed by atoms with E-state index in [0.29, 0.717) is 5.92 Å². The molecule has 1 aromatic carbocycles. The van der Waals surface area contributed by atoms with Gasteiger partial charge in [0, 0.05) is 12.2 Å². The number of hydrogen-bond acceptors (Lipinski definition) is 7. The molecule has 3 aromatic rings. The normalized spacial score (nSPS) is 14.8. The number of hydrogen-bond donors (Lipinski definition) is 3. The molecule has 0 bridgehead atoms. The summed E-state index contributed by atoms with van der Waals surface area (Å²) in [6.07, 6.45) is 6.83. The Labute approximate surface area is 202 Å². The molecule has 35 heavy (non-hydrogen) atoms. The van der Waals surface area contributed by atoms with Crippen molar-refractivity contribution in [1.29, 1.82) is 0 Å². The van der Waals surface area contributed by atoms with Crippen LogP contribution in [0.3, 0.4) is 0 Å². The minimum atomic E-state index is -0.849. The first-order valence-electron chi connectivity index (χ1n) is 11.7. The molecule has 1 saturated carbocycles. The van der Waals surface area contributed by atoms with Gasteiger partial charge in [0.25, 0.3) is 11.5 Å². The Hall–Kier alpha value is -4.01. The van der Waals surface area contributed by atoms with Gasteiger partial charge in [-0.2, -0.15) is 0 Å². The quantitative estimate of drug-likeness (QED) is 0.444. The summed E-state index contributed by atoms with van der Waals surface area (Å²) in [5.41, 5.74) is 0.110. The second kappa shape index (κ2) is 10.9. The molecule has 1 aliphatic rings. The number of carbonyl (C=O) groups excluding carboxylic acids is 2. The van der Waals surface area contributed by atoms with Crippen LogP contribution in [-0.4, -0.2) is 38.0 Å². The topological polar surface area (TPSA) is 134 Å². The van der Waals surface area contributed by atoms with Crippen LogP contribution in [-0.2, 0) is 11.3 Å². The van der Waals surface area contributed by atoms with Gasteiger partial charge in [0.15, 0.2) is 11.5 Å². The van der Waals surface area contributed by atoms with E-state index in [1.165, 1.54) is 24.8 Å². The molecule has 0 unspecified atom stereocenters. The van der Waals surface area contributed by atoms with Gasteiger partial charge >= 0.3 is 5.97 Å². The van der Waals surface area contributed by atoms with E-state index in [-0.39, 0.29) is 35.4 Å². The van der Waals surface area contributed by atoms with Crippen LogP contribution < -0.4 is 10.9 Å². The molecule has 9 nitrogen and oxygen atoms in total. The predicted molar refractivity (Wildman–Crippen MR) is 129 cm³/mol. The van der Waals surface area contributed by atoms with Gasteiger partial charge in [-0.25, -0.2) is 9.78 Å². The smallest absolute Gasteiger partial charge is 0.340 e. The Balaban J connectivity index is 1.47. The molecule has 182 valence electrons. The number of nitrogens with one attached hydrogen (secondary N) is 2. The minimum Gasteiger partial charge on any atom is -0.501 e. The Bertz CT molecular complexity index is 1230. The Morgan fingerprint density at radius 2 is 1.89 bits per heavy atom. The van der Waals surface area contributed by atoms with E-state index in [9.17, 15) is 19.5 Å².